The van der Waals surface area contributed by atoms with Gasteiger partial charge in [0.15, 0.2) is 0 Å². The van der Waals surface area contributed by atoms with Gasteiger partial charge in [-0.15, -0.1) is 13.2 Å². The van der Waals surface area contributed by atoms with Crippen LogP contribution in [0.2, 0.25) is 6.32 Å². The molecular formula is C18H24BF3N2O3. The van der Waals surface area contributed by atoms with Crippen molar-refractivity contribution >= 4 is 13.8 Å². The van der Waals surface area contributed by atoms with Crippen LogP contribution in [-0.4, -0.2) is 36.9 Å². The lowest BCUT2D eigenvalue weighted by molar-refractivity contribution is -0.274. The lowest BCUT2D eigenvalue weighted by Gasteiger charge is -2.45. The second-order valence-electron chi connectivity index (χ2n) is 7.03. The molecule has 5 nitrogen and oxygen atoms in total. The topological polar surface area (TPSA) is 84.6 Å². The number of hydrogen-bond donors (Lipinski definition) is 3. The minimum atomic E-state index is -4.70. The van der Waals surface area contributed by atoms with Crippen molar-refractivity contribution < 1.29 is 27.8 Å². The summed E-state index contributed by atoms with van der Waals surface area (Å²) in [6, 6.07) is 5.78. The lowest BCUT2D eigenvalue weighted by atomic mass is 9.66. The fourth-order valence-corrected chi connectivity index (χ4v) is 3.32. The Balaban J connectivity index is 1.78. The van der Waals surface area contributed by atoms with E-state index in [-0.39, 0.29) is 17.7 Å². The molecule has 9 heteroatoms. The molecule has 2 rings (SSSR count). The van der Waals surface area contributed by atoms with Crippen LogP contribution in [0.15, 0.2) is 24.3 Å². The molecule has 0 aliphatic heterocycles. The van der Waals surface area contributed by atoms with E-state index in [1.54, 1.807) is 12.1 Å². The molecule has 2 radical (unpaired) electrons. The van der Waals surface area contributed by atoms with Crippen molar-refractivity contribution in [1.29, 1.82) is 0 Å². The lowest BCUT2D eigenvalue weighted by Crippen LogP contribution is -2.60. The number of carbonyl (C=O) groups is 1. The Labute approximate surface area is 157 Å². The van der Waals surface area contributed by atoms with E-state index in [9.17, 15) is 23.1 Å². The van der Waals surface area contributed by atoms with Crippen LogP contribution in [0, 0.1) is 5.92 Å². The zero-order valence-electron chi connectivity index (χ0n) is 15.0. The number of rotatable bonds is 10. The average molecular weight is 384 g/mol. The van der Waals surface area contributed by atoms with Crippen LogP contribution in [0.5, 0.6) is 5.75 Å². The molecule has 0 saturated heterocycles. The molecule has 1 aliphatic carbocycles. The molecule has 1 saturated carbocycles. The van der Waals surface area contributed by atoms with Gasteiger partial charge >= 0.3 is 12.3 Å². The Hall–Kier alpha value is -1.74. The van der Waals surface area contributed by atoms with Crippen LogP contribution in [0.25, 0.3) is 0 Å². The third-order valence-electron chi connectivity index (χ3n) is 5.06. The van der Waals surface area contributed by atoms with Crippen molar-refractivity contribution in [2.75, 3.05) is 0 Å². The van der Waals surface area contributed by atoms with Gasteiger partial charge in [0, 0.05) is 12.6 Å². The van der Waals surface area contributed by atoms with Crippen LogP contribution in [0.3, 0.4) is 0 Å². The number of halogens is 3. The summed E-state index contributed by atoms with van der Waals surface area (Å²) in [4.78, 5) is 11.6. The molecule has 4 N–H and O–H groups in total. The summed E-state index contributed by atoms with van der Waals surface area (Å²) >= 11 is 0. The summed E-state index contributed by atoms with van der Waals surface area (Å²) in [5, 5.41) is 12.8. The fourth-order valence-electron chi connectivity index (χ4n) is 3.32. The Morgan fingerprint density at radius 3 is 2.41 bits per heavy atom. The molecule has 1 aromatic carbocycles. The van der Waals surface area contributed by atoms with Gasteiger partial charge in [-0.3, -0.25) is 4.79 Å². The average Bonchev–Trinajstić information content (AvgIpc) is 2.53. The van der Waals surface area contributed by atoms with Gasteiger partial charge in [0.2, 0.25) is 0 Å². The monoisotopic (exact) mass is 384 g/mol. The van der Waals surface area contributed by atoms with Crippen LogP contribution < -0.4 is 15.8 Å². The van der Waals surface area contributed by atoms with Crippen molar-refractivity contribution in [2.45, 2.75) is 62.9 Å². The van der Waals surface area contributed by atoms with Crippen LogP contribution >= 0.6 is 0 Å². The maximum absolute atomic E-state index is 12.1. The summed E-state index contributed by atoms with van der Waals surface area (Å²) in [6.45, 7) is 0.474. The van der Waals surface area contributed by atoms with Gasteiger partial charge in [0.05, 0.1) is 7.85 Å². The van der Waals surface area contributed by atoms with E-state index in [0.717, 1.165) is 12.0 Å². The molecule has 27 heavy (non-hydrogen) atoms. The number of nitrogens with two attached hydrogens (primary N) is 1. The van der Waals surface area contributed by atoms with Gasteiger partial charge in [0.25, 0.3) is 0 Å². The molecule has 0 spiro atoms. The fraction of sp³-hybridized carbons (Fsp3) is 0.611. The third kappa shape index (κ3) is 6.14. The second kappa shape index (κ2) is 8.97. The number of aliphatic carboxylic acids is 1. The number of hydrogen-bond acceptors (Lipinski definition) is 4. The van der Waals surface area contributed by atoms with Crippen LogP contribution in [-0.2, 0) is 11.3 Å². The first-order chi connectivity index (χ1) is 12.6. The summed E-state index contributed by atoms with van der Waals surface area (Å²) in [5.74, 6) is -1.35. The molecule has 1 unspecified atom stereocenters. The predicted molar refractivity (Wildman–Crippen MR) is 95.4 cm³/mol. The largest absolute Gasteiger partial charge is 0.573 e. The maximum atomic E-state index is 12.1. The molecule has 0 amide bonds. The number of alkyl halides is 3. The first kappa shape index (κ1) is 21.6. The van der Waals surface area contributed by atoms with Gasteiger partial charge in [-0.2, -0.15) is 0 Å². The zero-order chi connectivity index (χ0) is 20.1. The first-order valence-corrected chi connectivity index (χ1v) is 8.94. The highest BCUT2D eigenvalue weighted by Crippen LogP contribution is 2.38. The molecule has 0 heterocycles. The molecule has 0 aromatic heterocycles. The van der Waals surface area contributed by atoms with E-state index in [1.165, 1.54) is 12.1 Å². The number of carboxylic acids is 1. The molecule has 0 bridgehead atoms. The smallest absolute Gasteiger partial charge is 0.480 e. The minimum Gasteiger partial charge on any atom is -0.480 e. The Morgan fingerprint density at radius 1 is 1.26 bits per heavy atom. The van der Waals surface area contributed by atoms with Crippen LogP contribution in [0.1, 0.15) is 37.7 Å². The van der Waals surface area contributed by atoms with Gasteiger partial charge in [-0.25, -0.2) is 0 Å². The normalized spacial score (nSPS) is 21.9. The van der Waals surface area contributed by atoms with Gasteiger partial charge in [-0.1, -0.05) is 31.3 Å². The van der Waals surface area contributed by atoms with Crippen molar-refractivity contribution in [2.24, 2.45) is 11.7 Å². The van der Waals surface area contributed by atoms with Crippen molar-refractivity contribution in [3.8, 4) is 5.75 Å². The van der Waals surface area contributed by atoms with Gasteiger partial charge in [-0.05, 0) is 42.9 Å². The highest BCUT2D eigenvalue weighted by atomic mass is 19.4. The first-order valence-electron chi connectivity index (χ1n) is 8.94. The molecule has 148 valence electrons. The molecule has 1 aromatic rings. The third-order valence-corrected chi connectivity index (χ3v) is 5.06. The molecule has 1 fully saturated rings. The molecule has 1 aliphatic rings. The Bertz CT molecular complexity index is 621. The second-order valence-corrected chi connectivity index (χ2v) is 7.03. The SMILES string of the molecule is [B]CCCCC(N)(C(=O)O)C1CC(NCc2ccc(OC(F)(F)F)cc2)C1. The number of ether oxygens (including phenoxy) is 1. The van der Waals surface area contributed by atoms with E-state index in [4.69, 9.17) is 13.6 Å². The maximum Gasteiger partial charge on any atom is 0.573 e. The number of carboxylic acid groups (broad SMARTS) is 1. The predicted octanol–water partition coefficient (Wildman–Crippen LogP) is 2.99. The Kier molecular flexibility index (Phi) is 7.16. The molecule has 1 atom stereocenters. The number of nitrogens with one attached hydrogen (secondary N) is 1. The summed E-state index contributed by atoms with van der Waals surface area (Å²) in [6.07, 6.45) is -1.06. The summed E-state index contributed by atoms with van der Waals surface area (Å²) in [7, 11) is 5.45. The summed E-state index contributed by atoms with van der Waals surface area (Å²) in [5.41, 5.74) is 5.73. The molecular weight excluding hydrogens is 360 g/mol. The van der Waals surface area contributed by atoms with Gasteiger partial charge < -0.3 is 20.9 Å². The summed E-state index contributed by atoms with van der Waals surface area (Å²) < 4.78 is 40.3. The van der Waals surface area contributed by atoms with Crippen LogP contribution in [0.4, 0.5) is 13.2 Å². The van der Waals surface area contributed by atoms with Gasteiger partial charge in [0.1, 0.15) is 11.3 Å². The highest BCUT2D eigenvalue weighted by molar-refractivity contribution is 6.08. The highest BCUT2D eigenvalue weighted by Gasteiger charge is 2.47. The van der Waals surface area contributed by atoms with E-state index < -0.39 is 17.9 Å². The Morgan fingerprint density at radius 2 is 1.89 bits per heavy atom. The van der Waals surface area contributed by atoms with E-state index >= 15 is 0 Å². The van der Waals surface area contributed by atoms with E-state index in [2.05, 4.69) is 10.1 Å². The number of benzene rings is 1. The van der Waals surface area contributed by atoms with Crippen molar-refractivity contribution in [3.05, 3.63) is 29.8 Å². The zero-order valence-corrected chi connectivity index (χ0v) is 15.0. The van der Waals surface area contributed by atoms with E-state index in [1.807, 2.05) is 0 Å². The number of unbranched alkanes of at least 4 members (excludes halogenated alkanes) is 1. The van der Waals surface area contributed by atoms with E-state index in [0.29, 0.717) is 38.5 Å². The minimum absolute atomic E-state index is 0.104. The van der Waals surface area contributed by atoms with Crippen molar-refractivity contribution in [1.82, 2.24) is 5.32 Å². The quantitative estimate of drug-likeness (QED) is 0.427. The standard InChI is InChI=1S/C18H24BF3N2O3/c19-8-2-1-7-17(23,16(25)26)13-9-14(10-13)24-11-12-3-5-15(6-4-12)27-18(20,21)22/h3-6,13-14,24H,1-2,7-11,23H2,(H,25,26). The van der Waals surface area contributed by atoms with Crippen molar-refractivity contribution in [3.63, 3.8) is 0 Å².